The van der Waals surface area contributed by atoms with Crippen LogP contribution in [0.3, 0.4) is 0 Å². The van der Waals surface area contributed by atoms with Crippen molar-refractivity contribution in [2.75, 3.05) is 11.6 Å². The van der Waals surface area contributed by atoms with Gasteiger partial charge in [0.25, 0.3) is 11.2 Å². The second-order valence-corrected chi connectivity index (χ2v) is 9.88. The molecule has 2 atom stereocenters. The van der Waals surface area contributed by atoms with Crippen LogP contribution in [0.25, 0.3) is 0 Å². The van der Waals surface area contributed by atoms with Crippen molar-refractivity contribution >= 4 is 34.9 Å². The average molecular weight is 447 g/mol. The van der Waals surface area contributed by atoms with Gasteiger partial charge >= 0.3 is 0 Å². The first-order valence-electron chi connectivity index (χ1n) is 9.66. The van der Waals surface area contributed by atoms with Gasteiger partial charge in [0.1, 0.15) is 5.82 Å². The van der Waals surface area contributed by atoms with Gasteiger partial charge in [0, 0.05) is 30.8 Å². The second kappa shape index (κ2) is 7.42. The summed E-state index contributed by atoms with van der Waals surface area (Å²) in [5.74, 6) is 0.156. The number of anilines is 1. The van der Waals surface area contributed by atoms with Crippen LogP contribution in [-0.2, 0) is 7.05 Å². The van der Waals surface area contributed by atoms with Crippen molar-refractivity contribution in [1.29, 1.82) is 0 Å². The number of fused-ring (bicyclic) bond motifs is 1. The van der Waals surface area contributed by atoms with E-state index >= 15 is 0 Å². The van der Waals surface area contributed by atoms with E-state index < -0.39 is 10.8 Å². The van der Waals surface area contributed by atoms with Gasteiger partial charge in [0.15, 0.2) is 5.16 Å². The number of nitrogens with zero attached hydrogens (tertiary/aromatic N) is 3. The van der Waals surface area contributed by atoms with Crippen LogP contribution in [0.5, 0.6) is 0 Å². The van der Waals surface area contributed by atoms with E-state index in [2.05, 4.69) is 19.2 Å². The van der Waals surface area contributed by atoms with Gasteiger partial charge in [-0.05, 0) is 35.6 Å². The molecule has 0 fully saturated rings. The van der Waals surface area contributed by atoms with Crippen molar-refractivity contribution in [2.45, 2.75) is 43.1 Å². The Labute approximate surface area is 183 Å². The Hall–Kier alpha value is -2.32. The maximum absolute atomic E-state index is 13.4. The van der Waals surface area contributed by atoms with E-state index in [0.29, 0.717) is 16.5 Å². The zero-order valence-electron chi connectivity index (χ0n) is 17.2. The van der Waals surface area contributed by atoms with E-state index in [0.717, 1.165) is 29.7 Å². The maximum atomic E-state index is 13.4. The molecule has 0 saturated heterocycles. The van der Waals surface area contributed by atoms with Gasteiger partial charge in [-0.15, -0.1) is 11.6 Å². The largest absolute Gasteiger partial charge is 0.343 e. The van der Waals surface area contributed by atoms with Gasteiger partial charge in [0.2, 0.25) is 0 Å². The summed E-state index contributed by atoms with van der Waals surface area (Å²) in [6.07, 6.45) is 3.46. The molecule has 7 nitrogen and oxygen atoms in total. The zero-order valence-corrected chi connectivity index (χ0v) is 18.8. The summed E-state index contributed by atoms with van der Waals surface area (Å²) < 4.78 is 1.55. The minimum Gasteiger partial charge on any atom is -0.343 e. The molecule has 1 aliphatic carbocycles. The summed E-state index contributed by atoms with van der Waals surface area (Å²) in [4.78, 5) is 28.7. The smallest absolute Gasteiger partial charge is 0.269 e. The number of thioether (sulfide) groups is 1. The molecule has 30 heavy (non-hydrogen) atoms. The van der Waals surface area contributed by atoms with Gasteiger partial charge in [-0.1, -0.05) is 37.7 Å². The Morgan fingerprint density at radius 2 is 2.00 bits per heavy atom. The quantitative estimate of drug-likeness (QED) is 0.242. The number of halogens is 1. The monoisotopic (exact) mass is 446 g/mol. The highest BCUT2D eigenvalue weighted by Crippen LogP contribution is 2.51. The van der Waals surface area contributed by atoms with Gasteiger partial charge in [-0.3, -0.25) is 19.5 Å². The Balaban J connectivity index is 1.97. The zero-order chi connectivity index (χ0) is 21.8. The fraction of sp³-hybridized carbons (Fsp3) is 0.429. The molecule has 1 aromatic heterocycles. The SMILES string of the molecule is CSc1nc2c(c(=O)n1C)C(c1ccc([N+](=O)[O-])cc1)C1=C(CC(C)(C)CC1Cl)N2. The third kappa shape index (κ3) is 3.41. The van der Waals surface area contributed by atoms with Crippen LogP contribution >= 0.6 is 23.4 Å². The maximum Gasteiger partial charge on any atom is 0.269 e. The van der Waals surface area contributed by atoms with E-state index in [-0.39, 0.29) is 22.0 Å². The highest BCUT2D eigenvalue weighted by atomic mass is 35.5. The van der Waals surface area contributed by atoms with Crippen LogP contribution in [0.2, 0.25) is 0 Å². The Bertz CT molecular complexity index is 1120. The first-order valence-corrected chi connectivity index (χ1v) is 11.3. The lowest BCUT2D eigenvalue weighted by Gasteiger charge is -2.42. The molecule has 4 rings (SSSR count). The predicted octanol–water partition coefficient (Wildman–Crippen LogP) is 4.65. The number of rotatable bonds is 3. The van der Waals surface area contributed by atoms with Gasteiger partial charge in [-0.25, -0.2) is 4.98 Å². The molecule has 2 aliphatic rings. The Morgan fingerprint density at radius 3 is 2.60 bits per heavy atom. The van der Waals surface area contributed by atoms with Crippen molar-refractivity contribution < 1.29 is 4.92 Å². The first-order chi connectivity index (χ1) is 14.1. The molecule has 1 aromatic carbocycles. The van der Waals surface area contributed by atoms with E-state index in [1.54, 1.807) is 23.7 Å². The van der Waals surface area contributed by atoms with Crippen LogP contribution in [-0.4, -0.2) is 26.1 Å². The summed E-state index contributed by atoms with van der Waals surface area (Å²) >= 11 is 8.29. The van der Waals surface area contributed by atoms with Crippen molar-refractivity contribution in [3.63, 3.8) is 0 Å². The number of alkyl halides is 1. The van der Waals surface area contributed by atoms with Gasteiger partial charge in [0.05, 0.1) is 15.9 Å². The van der Waals surface area contributed by atoms with Crippen LogP contribution in [0, 0.1) is 15.5 Å². The fourth-order valence-electron chi connectivity index (χ4n) is 4.48. The molecule has 1 aliphatic heterocycles. The number of nitrogens with one attached hydrogen (secondary N) is 1. The summed E-state index contributed by atoms with van der Waals surface area (Å²) in [5.41, 5.74) is 3.18. The van der Waals surface area contributed by atoms with Crippen molar-refractivity contribution in [3.8, 4) is 0 Å². The van der Waals surface area contributed by atoms with E-state index in [1.165, 1.54) is 23.9 Å². The molecular weight excluding hydrogens is 424 g/mol. The lowest BCUT2D eigenvalue weighted by molar-refractivity contribution is -0.384. The normalized spacial score (nSPS) is 22.2. The van der Waals surface area contributed by atoms with Gasteiger partial charge in [-0.2, -0.15) is 0 Å². The molecule has 2 heterocycles. The number of non-ortho nitro benzene ring substituents is 1. The molecule has 1 N–H and O–H groups in total. The first kappa shape index (κ1) is 20.9. The number of nitro groups is 1. The van der Waals surface area contributed by atoms with Crippen molar-refractivity contribution in [2.24, 2.45) is 12.5 Å². The van der Waals surface area contributed by atoms with Crippen LogP contribution < -0.4 is 10.9 Å². The Kier molecular flexibility index (Phi) is 5.18. The van der Waals surface area contributed by atoms with E-state index in [9.17, 15) is 14.9 Å². The summed E-state index contributed by atoms with van der Waals surface area (Å²) in [6, 6.07) is 6.38. The predicted molar refractivity (Wildman–Crippen MR) is 120 cm³/mol. The average Bonchev–Trinajstić information content (AvgIpc) is 2.68. The number of nitro benzene ring substituents is 1. The molecule has 2 aromatic rings. The standard InChI is InChI=1S/C21H23ClN4O3S/c1-21(2)9-13(22)16-14(10-21)23-18-17(19(27)25(3)20(24-18)30-4)15(16)11-5-7-12(8-6-11)26(28)29/h5-8,13,15,23H,9-10H2,1-4H3. The number of hydrogen-bond acceptors (Lipinski definition) is 6. The van der Waals surface area contributed by atoms with E-state index in [1.807, 2.05) is 6.26 Å². The molecule has 0 saturated carbocycles. The molecule has 0 radical (unpaired) electrons. The molecule has 0 spiro atoms. The molecule has 158 valence electrons. The molecule has 0 amide bonds. The highest BCUT2D eigenvalue weighted by molar-refractivity contribution is 7.98. The highest BCUT2D eigenvalue weighted by Gasteiger charge is 2.42. The van der Waals surface area contributed by atoms with Crippen LogP contribution in [0.15, 0.2) is 45.5 Å². The van der Waals surface area contributed by atoms with Crippen molar-refractivity contribution in [3.05, 3.63) is 67.1 Å². The third-order valence-corrected chi connectivity index (χ3v) is 6.97. The molecular formula is C21H23ClN4O3S. The Morgan fingerprint density at radius 1 is 1.33 bits per heavy atom. The third-order valence-electron chi connectivity index (χ3n) is 5.85. The number of aromatic nitrogens is 2. The molecule has 2 unspecified atom stereocenters. The van der Waals surface area contributed by atoms with Crippen molar-refractivity contribution in [1.82, 2.24) is 9.55 Å². The molecule has 0 bridgehead atoms. The summed E-state index contributed by atoms with van der Waals surface area (Å²) in [6.45, 7) is 4.35. The van der Waals surface area contributed by atoms with Gasteiger partial charge < -0.3 is 5.32 Å². The number of benzene rings is 1. The lowest BCUT2D eigenvalue weighted by Crippen LogP contribution is -2.38. The fourth-order valence-corrected chi connectivity index (χ4v) is 5.69. The summed E-state index contributed by atoms with van der Waals surface area (Å²) in [5, 5.41) is 14.9. The molecule has 9 heteroatoms. The van der Waals surface area contributed by atoms with E-state index in [4.69, 9.17) is 16.6 Å². The summed E-state index contributed by atoms with van der Waals surface area (Å²) in [7, 11) is 1.71. The lowest BCUT2D eigenvalue weighted by atomic mass is 9.69. The minimum absolute atomic E-state index is 0.0118. The topological polar surface area (TPSA) is 90.1 Å². The minimum atomic E-state index is -0.427. The number of hydrogen-bond donors (Lipinski definition) is 1. The van der Waals surface area contributed by atoms with Crippen LogP contribution in [0.1, 0.15) is 43.7 Å². The second-order valence-electron chi connectivity index (χ2n) is 8.58. The number of allylic oxidation sites excluding steroid dienone is 2. The van der Waals surface area contributed by atoms with Crippen LogP contribution in [0.4, 0.5) is 11.5 Å².